The highest BCUT2D eigenvalue weighted by Gasteiger charge is 2.31. The van der Waals surface area contributed by atoms with E-state index < -0.39 is 23.6 Å². The van der Waals surface area contributed by atoms with E-state index >= 15 is 0 Å². The number of carbonyl (C=O) groups is 3. The maximum absolute atomic E-state index is 13.5. The molecule has 0 fully saturated rings. The van der Waals surface area contributed by atoms with Crippen molar-refractivity contribution in [1.29, 1.82) is 0 Å². The molecular formula is C31H45N3O5. The van der Waals surface area contributed by atoms with Gasteiger partial charge in [0.2, 0.25) is 11.8 Å². The largest absolute Gasteiger partial charge is 0.489 e. The molecule has 2 amide bonds. The Morgan fingerprint density at radius 2 is 1.56 bits per heavy atom. The summed E-state index contributed by atoms with van der Waals surface area (Å²) in [5, 5.41) is 5.95. The second kappa shape index (κ2) is 15.3. The van der Waals surface area contributed by atoms with Gasteiger partial charge in [0.05, 0.1) is 19.2 Å². The topological polar surface area (TPSA) is 97.0 Å². The third-order valence-corrected chi connectivity index (χ3v) is 5.96. The van der Waals surface area contributed by atoms with Crippen LogP contribution >= 0.6 is 0 Å². The highest BCUT2D eigenvalue weighted by molar-refractivity contribution is 5.90. The quantitative estimate of drug-likeness (QED) is 0.351. The van der Waals surface area contributed by atoms with Crippen molar-refractivity contribution in [2.45, 2.75) is 78.6 Å². The van der Waals surface area contributed by atoms with Gasteiger partial charge >= 0.3 is 5.97 Å². The second-order valence-corrected chi connectivity index (χ2v) is 11.3. The molecule has 2 aromatic carbocycles. The summed E-state index contributed by atoms with van der Waals surface area (Å²) in [7, 11) is 1.72. The van der Waals surface area contributed by atoms with E-state index in [-0.39, 0.29) is 30.9 Å². The molecule has 0 spiro atoms. The third kappa shape index (κ3) is 11.9. The third-order valence-electron chi connectivity index (χ3n) is 5.96. The maximum atomic E-state index is 13.5. The number of hydrogen-bond acceptors (Lipinski definition) is 6. The zero-order valence-corrected chi connectivity index (χ0v) is 24.5. The van der Waals surface area contributed by atoms with Gasteiger partial charge in [-0.25, -0.2) is 0 Å². The van der Waals surface area contributed by atoms with Crippen molar-refractivity contribution in [3.8, 4) is 5.75 Å². The average molecular weight is 540 g/mol. The summed E-state index contributed by atoms with van der Waals surface area (Å²) < 4.78 is 10.9. The standard InChI is InChI=1S/C31H45N3O5/c1-8-38-28(35)20-34(7)27(18-22(2)3)30(37)32-26(29(36)33-31(4,5)6)19-23-14-16-25(17-15-23)39-21-24-12-10-9-11-13-24/h9-17,22,26-27H,8,18-21H2,1-7H3,(H,32,37)(H,33,36)/t26-,27+/m0/s1. The summed E-state index contributed by atoms with van der Waals surface area (Å²) in [5.41, 5.74) is 1.50. The molecule has 0 aliphatic heterocycles. The fourth-order valence-electron chi connectivity index (χ4n) is 4.09. The molecule has 2 rings (SSSR count). The Morgan fingerprint density at radius 3 is 2.13 bits per heavy atom. The Hall–Kier alpha value is -3.39. The lowest BCUT2D eigenvalue weighted by Gasteiger charge is -2.30. The molecule has 0 radical (unpaired) electrons. The van der Waals surface area contributed by atoms with E-state index in [0.29, 0.717) is 19.4 Å². The summed E-state index contributed by atoms with van der Waals surface area (Å²) in [5.74, 6) is -0.0299. The van der Waals surface area contributed by atoms with Gasteiger partial charge in [-0.05, 0) is 70.3 Å². The van der Waals surface area contributed by atoms with E-state index in [1.165, 1.54) is 0 Å². The van der Waals surface area contributed by atoms with Gasteiger partial charge in [-0.2, -0.15) is 0 Å². The van der Waals surface area contributed by atoms with Crippen molar-refractivity contribution in [3.63, 3.8) is 0 Å². The molecule has 0 bridgehead atoms. The molecule has 2 N–H and O–H groups in total. The zero-order chi connectivity index (χ0) is 29.0. The van der Waals surface area contributed by atoms with Gasteiger partial charge in [0.15, 0.2) is 0 Å². The van der Waals surface area contributed by atoms with Crippen LogP contribution in [0.15, 0.2) is 54.6 Å². The lowest BCUT2D eigenvalue weighted by atomic mass is 9.99. The number of benzene rings is 2. The lowest BCUT2D eigenvalue weighted by Crippen LogP contribution is -2.57. The monoisotopic (exact) mass is 539 g/mol. The van der Waals surface area contributed by atoms with Crippen LogP contribution in [0.5, 0.6) is 5.75 Å². The number of carbonyl (C=O) groups excluding carboxylic acids is 3. The first-order valence-electron chi connectivity index (χ1n) is 13.6. The van der Waals surface area contributed by atoms with Crippen LogP contribution in [0.3, 0.4) is 0 Å². The number of hydrogen-bond donors (Lipinski definition) is 2. The summed E-state index contributed by atoms with van der Waals surface area (Å²) in [6, 6.07) is 16.1. The fourth-order valence-corrected chi connectivity index (χ4v) is 4.09. The Bertz CT molecular complexity index is 1050. The number of likely N-dealkylation sites (N-methyl/N-ethyl adjacent to an activating group) is 1. The van der Waals surface area contributed by atoms with Crippen LogP contribution < -0.4 is 15.4 Å². The molecule has 0 heterocycles. The van der Waals surface area contributed by atoms with Crippen LogP contribution in [0.2, 0.25) is 0 Å². The Kier molecular flexibility index (Phi) is 12.5. The lowest BCUT2D eigenvalue weighted by molar-refractivity contribution is -0.145. The minimum atomic E-state index is -0.793. The van der Waals surface area contributed by atoms with Gasteiger partial charge in [0, 0.05) is 12.0 Å². The Labute approximate surface area is 233 Å². The molecule has 0 saturated heterocycles. The van der Waals surface area contributed by atoms with E-state index in [9.17, 15) is 14.4 Å². The van der Waals surface area contributed by atoms with Crippen molar-refractivity contribution in [1.82, 2.24) is 15.5 Å². The van der Waals surface area contributed by atoms with Crippen LogP contribution in [-0.2, 0) is 32.1 Å². The molecule has 0 aliphatic rings. The predicted octanol–water partition coefficient (Wildman–Crippen LogP) is 4.12. The molecule has 39 heavy (non-hydrogen) atoms. The van der Waals surface area contributed by atoms with Crippen LogP contribution in [0, 0.1) is 5.92 Å². The van der Waals surface area contributed by atoms with Crippen LogP contribution in [0.4, 0.5) is 0 Å². The number of nitrogens with one attached hydrogen (secondary N) is 2. The predicted molar refractivity (Wildman–Crippen MR) is 153 cm³/mol. The molecule has 8 heteroatoms. The number of esters is 1. The van der Waals surface area contributed by atoms with Gasteiger partial charge in [-0.15, -0.1) is 0 Å². The maximum Gasteiger partial charge on any atom is 0.320 e. The minimum absolute atomic E-state index is 0.0120. The van der Waals surface area contributed by atoms with Crippen LogP contribution in [-0.4, -0.2) is 60.5 Å². The summed E-state index contributed by atoms with van der Waals surface area (Å²) in [4.78, 5) is 40.5. The van der Waals surface area contributed by atoms with Crippen molar-refractivity contribution < 1.29 is 23.9 Å². The summed E-state index contributed by atoms with van der Waals surface area (Å²) in [6.45, 7) is 12.2. The van der Waals surface area contributed by atoms with Crippen molar-refractivity contribution in [2.24, 2.45) is 5.92 Å². The molecule has 8 nitrogen and oxygen atoms in total. The normalized spacial score (nSPS) is 13.1. The van der Waals surface area contributed by atoms with E-state index in [1.807, 2.05) is 89.2 Å². The zero-order valence-electron chi connectivity index (χ0n) is 24.5. The average Bonchev–Trinajstić information content (AvgIpc) is 2.86. The first-order chi connectivity index (χ1) is 18.4. The first-order valence-corrected chi connectivity index (χ1v) is 13.6. The van der Waals surface area contributed by atoms with E-state index in [1.54, 1.807) is 18.9 Å². The minimum Gasteiger partial charge on any atom is -0.489 e. The van der Waals surface area contributed by atoms with Crippen LogP contribution in [0.25, 0.3) is 0 Å². The molecule has 0 saturated carbocycles. The van der Waals surface area contributed by atoms with Gasteiger partial charge in [-0.1, -0.05) is 56.3 Å². The number of nitrogens with zero attached hydrogens (tertiary/aromatic N) is 1. The molecule has 2 atom stereocenters. The van der Waals surface area contributed by atoms with E-state index in [2.05, 4.69) is 10.6 Å². The molecule has 0 unspecified atom stereocenters. The van der Waals surface area contributed by atoms with E-state index in [0.717, 1.165) is 16.9 Å². The number of ether oxygens (including phenoxy) is 2. The van der Waals surface area contributed by atoms with Gasteiger partial charge in [0.1, 0.15) is 18.4 Å². The molecule has 0 aromatic heterocycles. The second-order valence-electron chi connectivity index (χ2n) is 11.3. The molecule has 0 aliphatic carbocycles. The summed E-state index contributed by atoms with van der Waals surface area (Å²) in [6.07, 6.45) is 0.839. The molecule has 2 aromatic rings. The molecular weight excluding hydrogens is 494 g/mol. The van der Waals surface area contributed by atoms with Gasteiger partial charge in [0.25, 0.3) is 0 Å². The summed E-state index contributed by atoms with van der Waals surface area (Å²) >= 11 is 0. The van der Waals surface area contributed by atoms with Gasteiger partial charge in [-0.3, -0.25) is 19.3 Å². The van der Waals surface area contributed by atoms with Crippen LogP contribution in [0.1, 0.15) is 59.1 Å². The van der Waals surface area contributed by atoms with Crippen molar-refractivity contribution >= 4 is 17.8 Å². The SMILES string of the molecule is CCOC(=O)CN(C)[C@H](CC(C)C)C(=O)N[C@@H](Cc1ccc(OCc2ccccc2)cc1)C(=O)NC(C)(C)C. The number of amides is 2. The highest BCUT2D eigenvalue weighted by atomic mass is 16.5. The Balaban J connectivity index is 2.16. The van der Waals surface area contributed by atoms with Gasteiger partial charge < -0.3 is 20.1 Å². The smallest absolute Gasteiger partial charge is 0.320 e. The first kappa shape index (κ1) is 31.8. The molecule has 214 valence electrons. The van der Waals surface area contributed by atoms with Crippen molar-refractivity contribution in [2.75, 3.05) is 20.2 Å². The fraction of sp³-hybridized carbons (Fsp3) is 0.516. The Morgan fingerprint density at radius 1 is 0.923 bits per heavy atom. The number of rotatable bonds is 14. The van der Waals surface area contributed by atoms with Crippen molar-refractivity contribution in [3.05, 3.63) is 65.7 Å². The van der Waals surface area contributed by atoms with E-state index in [4.69, 9.17) is 9.47 Å². The highest BCUT2D eigenvalue weighted by Crippen LogP contribution is 2.17.